The third kappa shape index (κ3) is 0.867. The zero-order chi connectivity index (χ0) is 7.03. The van der Waals surface area contributed by atoms with Gasteiger partial charge in [0.15, 0.2) is 0 Å². The van der Waals surface area contributed by atoms with Gasteiger partial charge in [-0.3, -0.25) is 0 Å². The first-order valence-electron chi connectivity index (χ1n) is 4.25. The molecule has 0 amide bonds. The van der Waals surface area contributed by atoms with E-state index in [1.165, 1.54) is 32.4 Å². The van der Waals surface area contributed by atoms with Gasteiger partial charge in [-0.15, -0.1) is 0 Å². The van der Waals surface area contributed by atoms with Gasteiger partial charge in [-0.1, -0.05) is 0 Å². The second-order valence-electron chi connectivity index (χ2n) is 3.69. The normalized spacial score (nSPS) is 45.9. The van der Waals surface area contributed by atoms with Crippen LogP contribution in [0, 0.1) is 5.41 Å². The van der Waals surface area contributed by atoms with Gasteiger partial charge in [-0.2, -0.15) is 0 Å². The standard InChI is InChI=1S/C8H16N2/c1-9-7-5-8(7)3-2-4-10-6-8/h7,9-10H,2-6H2,1H3. The Hall–Kier alpha value is -0.0800. The quantitative estimate of drug-likeness (QED) is 0.549. The van der Waals surface area contributed by atoms with Crippen molar-refractivity contribution >= 4 is 0 Å². The van der Waals surface area contributed by atoms with Gasteiger partial charge >= 0.3 is 0 Å². The molecule has 2 atom stereocenters. The van der Waals surface area contributed by atoms with Gasteiger partial charge in [-0.25, -0.2) is 0 Å². The first-order valence-corrected chi connectivity index (χ1v) is 4.25. The van der Waals surface area contributed by atoms with Crippen molar-refractivity contribution in [3.05, 3.63) is 0 Å². The van der Waals surface area contributed by atoms with E-state index in [-0.39, 0.29) is 0 Å². The lowest BCUT2D eigenvalue weighted by molar-refractivity contribution is 0.337. The average molecular weight is 140 g/mol. The van der Waals surface area contributed by atoms with Gasteiger partial charge in [0.05, 0.1) is 0 Å². The Morgan fingerprint density at radius 3 is 3.00 bits per heavy atom. The summed E-state index contributed by atoms with van der Waals surface area (Å²) >= 11 is 0. The number of hydrogen-bond acceptors (Lipinski definition) is 2. The molecule has 0 radical (unpaired) electrons. The third-order valence-electron chi connectivity index (χ3n) is 3.04. The fourth-order valence-corrected chi connectivity index (χ4v) is 2.22. The molecule has 0 aromatic rings. The lowest BCUT2D eigenvalue weighted by atomic mass is 9.96. The van der Waals surface area contributed by atoms with Crippen molar-refractivity contribution < 1.29 is 0 Å². The Morgan fingerprint density at radius 2 is 2.50 bits per heavy atom. The molecule has 0 bridgehead atoms. The number of hydrogen-bond donors (Lipinski definition) is 2. The van der Waals surface area contributed by atoms with Gasteiger partial charge in [0, 0.05) is 12.6 Å². The first kappa shape index (κ1) is 6.62. The zero-order valence-electron chi connectivity index (χ0n) is 6.61. The Morgan fingerprint density at radius 1 is 1.60 bits per heavy atom. The molecule has 1 aliphatic heterocycles. The molecule has 2 fully saturated rings. The van der Waals surface area contributed by atoms with E-state index >= 15 is 0 Å². The summed E-state index contributed by atoms with van der Waals surface area (Å²) in [5.41, 5.74) is 0.674. The van der Waals surface area contributed by atoms with Crippen LogP contribution >= 0.6 is 0 Å². The maximum Gasteiger partial charge on any atom is 0.0140 e. The Kier molecular flexibility index (Phi) is 1.46. The zero-order valence-corrected chi connectivity index (χ0v) is 6.61. The summed E-state index contributed by atoms with van der Waals surface area (Å²) in [5, 5.41) is 6.82. The summed E-state index contributed by atoms with van der Waals surface area (Å²) in [4.78, 5) is 0. The van der Waals surface area contributed by atoms with Crippen molar-refractivity contribution in [1.29, 1.82) is 0 Å². The molecule has 0 aromatic carbocycles. The van der Waals surface area contributed by atoms with Crippen LogP contribution in [0.4, 0.5) is 0 Å². The Bertz CT molecular complexity index is 127. The van der Waals surface area contributed by atoms with Crippen LogP contribution in [0.1, 0.15) is 19.3 Å². The van der Waals surface area contributed by atoms with Crippen LogP contribution in [-0.2, 0) is 0 Å². The van der Waals surface area contributed by atoms with Gasteiger partial charge in [-0.05, 0) is 38.3 Å². The molecule has 1 heterocycles. The summed E-state index contributed by atoms with van der Waals surface area (Å²) in [7, 11) is 2.08. The molecule has 2 N–H and O–H groups in total. The minimum absolute atomic E-state index is 0.674. The Labute approximate surface area is 62.4 Å². The van der Waals surface area contributed by atoms with Gasteiger partial charge in [0.25, 0.3) is 0 Å². The Balaban J connectivity index is 1.92. The monoisotopic (exact) mass is 140 g/mol. The molecule has 1 aliphatic carbocycles. The van der Waals surface area contributed by atoms with Gasteiger partial charge < -0.3 is 10.6 Å². The largest absolute Gasteiger partial charge is 0.316 e. The third-order valence-corrected chi connectivity index (χ3v) is 3.04. The van der Waals surface area contributed by atoms with E-state index in [4.69, 9.17) is 0 Å². The van der Waals surface area contributed by atoms with Gasteiger partial charge in [0.1, 0.15) is 0 Å². The van der Waals surface area contributed by atoms with Crippen LogP contribution in [-0.4, -0.2) is 26.2 Å². The highest BCUT2D eigenvalue weighted by atomic mass is 15.0. The molecule has 2 aliphatic rings. The van der Waals surface area contributed by atoms with Crippen molar-refractivity contribution in [1.82, 2.24) is 10.6 Å². The minimum Gasteiger partial charge on any atom is -0.316 e. The minimum atomic E-state index is 0.674. The van der Waals surface area contributed by atoms with E-state index < -0.39 is 0 Å². The number of nitrogens with one attached hydrogen (secondary N) is 2. The molecule has 0 aromatic heterocycles. The highest BCUT2D eigenvalue weighted by molar-refractivity contribution is 5.09. The molecule has 10 heavy (non-hydrogen) atoms. The molecule has 1 saturated heterocycles. The van der Waals surface area contributed by atoms with Crippen molar-refractivity contribution in [2.24, 2.45) is 5.41 Å². The van der Waals surface area contributed by atoms with Gasteiger partial charge in [0.2, 0.25) is 0 Å². The highest BCUT2D eigenvalue weighted by Crippen LogP contribution is 2.50. The number of piperidine rings is 1. The number of rotatable bonds is 1. The van der Waals surface area contributed by atoms with E-state index in [1.807, 2.05) is 0 Å². The van der Waals surface area contributed by atoms with E-state index in [1.54, 1.807) is 0 Å². The molecule has 2 rings (SSSR count). The van der Waals surface area contributed by atoms with E-state index in [2.05, 4.69) is 17.7 Å². The maximum absolute atomic E-state index is 3.46. The molecule has 2 unspecified atom stereocenters. The molecular formula is C8H16N2. The molecule has 58 valence electrons. The molecule has 1 saturated carbocycles. The van der Waals surface area contributed by atoms with Crippen molar-refractivity contribution in [3.8, 4) is 0 Å². The summed E-state index contributed by atoms with van der Waals surface area (Å²) in [5.74, 6) is 0. The van der Waals surface area contributed by atoms with Crippen LogP contribution < -0.4 is 10.6 Å². The fraction of sp³-hybridized carbons (Fsp3) is 1.00. The van der Waals surface area contributed by atoms with Crippen molar-refractivity contribution in [2.45, 2.75) is 25.3 Å². The van der Waals surface area contributed by atoms with Crippen LogP contribution in [0.3, 0.4) is 0 Å². The highest BCUT2D eigenvalue weighted by Gasteiger charge is 2.52. The summed E-state index contributed by atoms with van der Waals surface area (Å²) in [6.45, 7) is 2.48. The van der Waals surface area contributed by atoms with Crippen LogP contribution in [0.25, 0.3) is 0 Å². The lowest BCUT2D eigenvalue weighted by Crippen LogP contribution is -2.35. The predicted octanol–water partition coefficient (Wildman–Crippen LogP) is 0.348. The van der Waals surface area contributed by atoms with Crippen molar-refractivity contribution in [3.63, 3.8) is 0 Å². The molecule has 1 spiro atoms. The van der Waals surface area contributed by atoms with Crippen LogP contribution in [0.5, 0.6) is 0 Å². The topological polar surface area (TPSA) is 24.1 Å². The lowest BCUT2D eigenvalue weighted by Gasteiger charge is -2.23. The summed E-state index contributed by atoms with van der Waals surface area (Å²) in [6, 6.07) is 0.820. The second kappa shape index (κ2) is 2.21. The molecule has 2 nitrogen and oxygen atoms in total. The SMILES string of the molecule is CNC1CC12CCCNC2. The van der Waals surface area contributed by atoms with E-state index in [9.17, 15) is 0 Å². The first-order chi connectivity index (χ1) is 4.87. The van der Waals surface area contributed by atoms with Crippen molar-refractivity contribution in [2.75, 3.05) is 20.1 Å². The van der Waals surface area contributed by atoms with E-state index in [0.717, 1.165) is 6.04 Å². The smallest absolute Gasteiger partial charge is 0.0140 e. The fourth-order valence-electron chi connectivity index (χ4n) is 2.22. The maximum atomic E-state index is 3.46. The van der Waals surface area contributed by atoms with Crippen LogP contribution in [0.2, 0.25) is 0 Å². The summed E-state index contributed by atoms with van der Waals surface area (Å²) < 4.78 is 0. The van der Waals surface area contributed by atoms with E-state index in [0.29, 0.717) is 5.41 Å². The average Bonchev–Trinajstić information content (AvgIpc) is 2.65. The second-order valence-corrected chi connectivity index (χ2v) is 3.69. The summed E-state index contributed by atoms with van der Waals surface area (Å²) in [6.07, 6.45) is 4.21. The molecular weight excluding hydrogens is 124 g/mol. The predicted molar refractivity (Wildman–Crippen MR) is 42.0 cm³/mol. The van der Waals surface area contributed by atoms with Crippen LogP contribution in [0.15, 0.2) is 0 Å². The molecule has 2 heteroatoms.